The molecule has 0 amide bonds. The highest BCUT2D eigenvalue weighted by molar-refractivity contribution is 5.96. The lowest BCUT2D eigenvalue weighted by Crippen LogP contribution is -2.27. The normalized spacial score (nSPS) is 10.2. The lowest BCUT2D eigenvalue weighted by atomic mass is 10.3. The predicted molar refractivity (Wildman–Crippen MR) is 49.4 cm³/mol. The molecule has 0 rings (SSSR count). The number of carbonyl (C=O) groups excluding carboxylic acids is 2. The van der Waals surface area contributed by atoms with E-state index in [1.165, 1.54) is 0 Å². The molecular formula is C9H17NO3. The van der Waals surface area contributed by atoms with E-state index in [1.807, 2.05) is 18.9 Å². The zero-order valence-corrected chi connectivity index (χ0v) is 8.50. The number of esters is 1. The first kappa shape index (κ1) is 12.1. The number of nitrogens with zero attached hydrogens (tertiary/aromatic N) is 1. The molecule has 0 aliphatic carbocycles. The van der Waals surface area contributed by atoms with E-state index in [0.717, 1.165) is 6.54 Å². The minimum atomic E-state index is -0.433. The number of ether oxygens (including phenoxy) is 1. The monoisotopic (exact) mass is 187 g/mol. The van der Waals surface area contributed by atoms with Crippen molar-refractivity contribution in [3.63, 3.8) is 0 Å². The van der Waals surface area contributed by atoms with Gasteiger partial charge in [-0.1, -0.05) is 6.92 Å². The molecule has 0 saturated heterocycles. The predicted octanol–water partition coefficient (Wildman–Crippen LogP) is 0.460. The van der Waals surface area contributed by atoms with Gasteiger partial charge in [0.1, 0.15) is 6.42 Å². The third-order valence-corrected chi connectivity index (χ3v) is 1.63. The average molecular weight is 187 g/mol. The summed E-state index contributed by atoms with van der Waals surface area (Å²) in [5, 5.41) is 0. The van der Waals surface area contributed by atoms with Crippen molar-refractivity contribution >= 4 is 11.8 Å². The first-order valence-electron chi connectivity index (χ1n) is 4.46. The number of Topliss-reactive ketones (excluding diaryl/α,β-unsaturated/α-hetero) is 1. The van der Waals surface area contributed by atoms with Crippen molar-refractivity contribution in [2.75, 3.05) is 26.7 Å². The summed E-state index contributed by atoms with van der Waals surface area (Å²) < 4.78 is 4.65. The molecule has 0 aliphatic heterocycles. The van der Waals surface area contributed by atoms with Crippen LogP contribution < -0.4 is 0 Å². The van der Waals surface area contributed by atoms with Crippen LogP contribution in [0.5, 0.6) is 0 Å². The highest BCUT2D eigenvalue weighted by Gasteiger charge is 2.11. The SMILES string of the molecule is CCOC(=O)CC(=O)CN(C)CC. The van der Waals surface area contributed by atoms with Gasteiger partial charge in [-0.3, -0.25) is 14.5 Å². The van der Waals surface area contributed by atoms with Gasteiger partial charge in [0.25, 0.3) is 0 Å². The van der Waals surface area contributed by atoms with Gasteiger partial charge in [0.15, 0.2) is 5.78 Å². The molecule has 0 aromatic heterocycles. The van der Waals surface area contributed by atoms with Crippen LogP contribution in [-0.2, 0) is 14.3 Å². The van der Waals surface area contributed by atoms with Crippen molar-refractivity contribution in [2.45, 2.75) is 20.3 Å². The third-order valence-electron chi connectivity index (χ3n) is 1.63. The number of hydrogen-bond acceptors (Lipinski definition) is 4. The second-order valence-corrected chi connectivity index (χ2v) is 2.85. The largest absolute Gasteiger partial charge is 0.466 e. The van der Waals surface area contributed by atoms with Crippen LogP contribution >= 0.6 is 0 Å². The van der Waals surface area contributed by atoms with Gasteiger partial charge in [0.05, 0.1) is 13.2 Å². The lowest BCUT2D eigenvalue weighted by Gasteiger charge is -2.11. The molecule has 0 fully saturated rings. The number of ketones is 1. The molecule has 4 heteroatoms. The number of carbonyl (C=O) groups is 2. The van der Waals surface area contributed by atoms with Crippen molar-refractivity contribution in [1.29, 1.82) is 0 Å². The topological polar surface area (TPSA) is 46.6 Å². The van der Waals surface area contributed by atoms with Crippen LogP contribution in [0, 0.1) is 0 Å². The quantitative estimate of drug-likeness (QED) is 0.447. The summed E-state index contributed by atoms with van der Waals surface area (Å²) in [6.45, 7) is 5.12. The van der Waals surface area contributed by atoms with E-state index in [0.29, 0.717) is 13.2 Å². The van der Waals surface area contributed by atoms with Crippen molar-refractivity contribution < 1.29 is 14.3 Å². The molecule has 0 unspecified atom stereocenters. The first-order valence-corrected chi connectivity index (χ1v) is 4.46. The van der Waals surface area contributed by atoms with E-state index in [4.69, 9.17) is 0 Å². The maximum Gasteiger partial charge on any atom is 0.313 e. The highest BCUT2D eigenvalue weighted by atomic mass is 16.5. The van der Waals surface area contributed by atoms with Crippen molar-refractivity contribution in [3.05, 3.63) is 0 Å². The summed E-state index contributed by atoms with van der Waals surface area (Å²) in [4.78, 5) is 23.9. The summed E-state index contributed by atoms with van der Waals surface area (Å²) in [6.07, 6.45) is -0.113. The minimum Gasteiger partial charge on any atom is -0.466 e. The highest BCUT2D eigenvalue weighted by Crippen LogP contribution is 1.91. The van der Waals surface area contributed by atoms with E-state index in [1.54, 1.807) is 6.92 Å². The number of hydrogen-bond donors (Lipinski definition) is 0. The van der Waals surface area contributed by atoms with E-state index in [2.05, 4.69) is 4.74 Å². The second kappa shape index (κ2) is 6.60. The Hall–Kier alpha value is -0.900. The molecule has 76 valence electrons. The molecule has 0 N–H and O–H groups in total. The Morgan fingerprint density at radius 2 is 1.92 bits per heavy atom. The summed E-state index contributed by atoms with van der Waals surface area (Å²) >= 11 is 0. The van der Waals surface area contributed by atoms with Gasteiger partial charge in [-0.25, -0.2) is 0 Å². The van der Waals surface area contributed by atoms with Gasteiger partial charge < -0.3 is 4.74 Å². The smallest absolute Gasteiger partial charge is 0.313 e. The molecule has 0 aromatic rings. The third kappa shape index (κ3) is 6.28. The lowest BCUT2D eigenvalue weighted by molar-refractivity contribution is -0.145. The van der Waals surface area contributed by atoms with E-state index < -0.39 is 5.97 Å². The van der Waals surface area contributed by atoms with E-state index in [-0.39, 0.29) is 12.2 Å². The van der Waals surface area contributed by atoms with Crippen LogP contribution in [-0.4, -0.2) is 43.4 Å². The Morgan fingerprint density at radius 3 is 2.38 bits per heavy atom. The summed E-state index contributed by atoms with van der Waals surface area (Å²) in [5.74, 6) is -0.528. The fraction of sp³-hybridized carbons (Fsp3) is 0.778. The van der Waals surface area contributed by atoms with Gasteiger partial charge in [0.2, 0.25) is 0 Å². The Labute approximate surface area is 78.9 Å². The van der Waals surface area contributed by atoms with Gasteiger partial charge in [-0.2, -0.15) is 0 Å². The van der Waals surface area contributed by atoms with Gasteiger partial charge in [0, 0.05) is 0 Å². The van der Waals surface area contributed by atoms with E-state index >= 15 is 0 Å². The van der Waals surface area contributed by atoms with Crippen molar-refractivity contribution in [1.82, 2.24) is 4.90 Å². The van der Waals surface area contributed by atoms with Gasteiger partial charge >= 0.3 is 5.97 Å². The summed E-state index contributed by atoms with van der Waals surface area (Å²) in [5.41, 5.74) is 0. The molecule has 4 nitrogen and oxygen atoms in total. The summed E-state index contributed by atoms with van der Waals surface area (Å²) in [7, 11) is 1.84. The maximum atomic E-state index is 11.2. The molecule has 0 saturated carbocycles. The van der Waals surface area contributed by atoms with E-state index in [9.17, 15) is 9.59 Å². The van der Waals surface area contributed by atoms with Crippen LogP contribution in [0.2, 0.25) is 0 Å². The Kier molecular flexibility index (Phi) is 6.14. The van der Waals surface area contributed by atoms with Gasteiger partial charge in [-0.05, 0) is 20.5 Å². The van der Waals surface area contributed by atoms with Crippen LogP contribution in [0.25, 0.3) is 0 Å². The van der Waals surface area contributed by atoms with Crippen LogP contribution in [0.15, 0.2) is 0 Å². The fourth-order valence-electron chi connectivity index (χ4n) is 0.842. The molecule has 0 aromatic carbocycles. The Bertz CT molecular complexity index is 180. The molecule has 0 spiro atoms. The van der Waals surface area contributed by atoms with Crippen LogP contribution in [0.3, 0.4) is 0 Å². The molecule has 0 atom stereocenters. The molecule has 0 bridgehead atoms. The van der Waals surface area contributed by atoms with Crippen LogP contribution in [0.4, 0.5) is 0 Å². The maximum absolute atomic E-state index is 11.2. The van der Waals surface area contributed by atoms with Gasteiger partial charge in [-0.15, -0.1) is 0 Å². The zero-order valence-electron chi connectivity index (χ0n) is 8.50. The number of rotatable bonds is 6. The van der Waals surface area contributed by atoms with Crippen LogP contribution in [0.1, 0.15) is 20.3 Å². The number of likely N-dealkylation sites (N-methyl/N-ethyl adjacent to an activating group) is 1. The van der Waals surface area contributed by atoms with Crippen molar-refractivity contribution in [2.24, 2.45) is 0 Å². The Morgan fingerprint density at radius 1 is 1.31 bits per heavy atom. The first-order chi connectivity index (χ1) is 6.10. The standard InChI is InChI=1S/C9H17NO3/c1-4-10(3)7-8(11)6-9(12)13-5-2/h4-7H2,1-3H3. The fourth-order valence-corrected chi connectivity index (χ4v) is 0.842. The average Bonchev–Trinajstić information content (AvgIpc) is 2.04. The molecule has 0 radical (unpaired) electrons. The van der Waals surface area contributed by atoms with Crippen molar-refractivity contribution in [3.8, 4) is 0 Å². The molecule has 0 heterocycles. The Balaban J connectivity index is 3.67. The molecule has 0 aliphatic rings. The minimum absolute atomic E-state index is 0.0946. The summed E-state index contributed by atoms with van der Waals surface area (Å²) in [6, 6.07) is 0. The zero-order chi connectivity index (χ0) is 10.3. The molecular weight excluding hydrogens is 170 g/mol. The molecule has 13 heavy (non-hydrogen) atoms. The second-order valence-electron chi connectivity index (χ2n) is 2.85.